The zero-order valence-electron chi connectivity index (χ0n) is 17.6. The molecule has 0 spiro atoms. The molecule has 2 aromatic heterocycles. The summed E-state index contributed by atoms with van der Waals surface area (Å²) < 4.78 is 47.2. The number of alkyl halides is 3. The van der Waals surface area contributed by atoms with Crippen LogP contribution in [0.5, 0.6) is 5.75 Å². The van der Waals surface area contributed by atoms with Gasteiger partial charge in [-0.2, -0.15) is 17.7 Å². The minimum atomic E-state index is -4.44. The number of aromatic nitrogens is 3. The number of nitrogens with zero attached hydrogens (tertiary/aromatic N) is 2. The number of hydrogen-bond donors (Lipinski definition) is 1. The molecule has 0 aliphatic heterocycles. The zero-order chi connectivity index (χ0) is 23.2. The van der Waals surface area contributed by atoms with E-state index in [2.05, 4.69) is 5.10 Å². The molecule has 0 saturated carbocycles. The van der Waals surface area contributed by atoms with E-state index in [4.69, 9.17) is 4.74 Å². The Morgan fingerprint density at radius 1 is 0.970 bits per heavy atom. The van der Waals surface area contributed by atoms with Crippen LogP contribution in [0.4, 0.5) is 13.2 Å². The van der Waals surface area contributed by atoms with Gasteiger partial charge in [0.2, 0.25) is 0 Å². The van der Waals surface area contributed by atoms with Gasteiger partial charge in [0, 0.05) is 16.3 Å². The molecule has 0 amide bonds. The maximum Gasteiger partial charge on any atom is 0.416 e. The van der Waals surface area contributed by atoms with Gasteiger partial charge in [-0.3, -0.25) is 9.89 Å². The summed E-state index contributed by atoms with van der Waals surface area (Å²) in [7, 11) is 1.60. The third kappa shape index (κ3) is 3.73. The first-order chi connectivity index (χ1) is 15.8. The van der Waals surface area contributed by atoms with E-state index in [9.17, 15) is 18.0 Å². The summed E-state index contributed by atoms with van der Waals surface area (Å²) in [6.45, 7) is 0.436. The van der Waals surface area contributed by atoms with E-state index < -0.39 is 11.7 Å². The number of halogens is 3. The second kappa shape index (κ2) is 7.81. The Morgan fingerprint density at radius 2 is 1.67 bits per heavy atom. The number of H-pyrrole nitrogens is 1. The molecule has 5 rings (SSSR count). The van der Waals surface area contributed by atoms with Gasteiger partial charge in [0.1, 0.15) is 11.3 Å². The number of fused-ring (bicyclic) bond motifs is 3. The quantitative estimate of drug-likeness (QED) is 0.399. The predicted molar refractivity (Wildman–Crippen MR) is 119 cm³/mol. The fourth-order valence-electron chi connectivity index (χ4n) is 3.99. The number of nitrogens with one attached hydrogen (secondary N) is 1. The van der Waals surface area contributed by atoms with Gasteiger partial charge < -0.3 is 4.74 Å². The van der Waals surface area contributed by atoms with Crippen molar-refractivity contribution in [3.63, 3.8) is 0 Å². The molecule has 0 saturated heterocycles. The number of hydrogen-bond acceptors (Lipinski definition) is 2. The van der Waals surface area contributed by atoms with E-state index in [1.165, 1.54) is 16.8 Å². The minimum absolute atomic E-state index is 0.323. The van der Waals surface area contributed by atoms with Crippen LogP contribution in [0.15, 0.2) is 83.8 Å². The Labute approximate surface area is 186 Å². The molecular weight excluding hydrogens is 431 g/mol. The molecule has 0 radical (unpaired) electrons. The Hall–Kier alpha value is -4.07. The summed E-state index contributed by atoms with van der Waals surface area (Å²) in [6.07, 6.45) is -2.53. The van der Waals surface area contributed by atoms with E-state index in [0.717, 1.165) is 34.2 Å². The van der Waals surface area contributed by atoms with Crippen molar-refractivity contribution >= 4 is 21.8 Å². The zero-order valence-corrected chi connectivity index (χ0v) is 17.6. The van der Waals surface area contributed by atoms with Gasteiger partial charge in [-0.15, -0.1) is 0 Å². The maximum atomic E-state index is 13.4. The SMILES string of the molecule is COc1ccc(C[n+]2cc3ccccc3c3[nH]n(-c4ccc(C(F)(F)F)cc4)c(=O)c32)cc1. The number of aromatic amines is 1. The van der Waals surface area contributed by atoms with Crippen LogP contribution < -0.4 is 14.9 Å². The lowest BCUT2D eigenvalue weighted by Crippen LogP contribution is -2.38. The van der Waals surface area contributed by atoms with Gasteiger partial charge in [-0.05, 0) is 54.6 Å². The third-order valence-electron chi connectivity index (χ3n) is 5.64. The molecule has 33 heavy (non-hydrogen) atoms. The average Bonchev–Trinajstić information content (AvgIpc) is 3.17. The van der Waals surface area contributed by atoms with Crippen LogP contribution in [0.3, 0.4) is 0 Å². The van der Waals surface area contributed by atoms with Crippen molar-refractivity contribution in [1.29, 1.82) is 0 Å². The van der Waals surface area contributed by atoms with Gasteiger partial charge >= 0.3 is 11.7 Å². The van der Waals surface area contributed by atoms with Crippen LogP contribution in [-0.2, 0) is 12.7 Å². The topological polar surface area (TPSA) is 50.9 Å². The van der Waals surface area contributed by atoms with Gasteiger partial charge in [-0.1, -0.05) is 18.2 Å². The van der Waals surface area contributed by atoms with Gasteiger partial charge in [0.05, 0.1) is 18.4 Å². The molecule has 0 aliphatic carbocycles. The summed E-state index contributed by atoms with van der Waals surface area (Å²) in [4.78, 5) is 13.4. The molecule has 0 aliphatic rings. The van der Waals surface area contributed by atoms with Crippen molar-refractivity contribution in [3.8, 4) is 11.4 Å². The highest BCUT2D eigenvalue weighted by Gasteiger charge is 2.30. The molecule has 8 heteroatoms. The van der Waals surface area contributed by atoms with E-state index in [1.807, 2.05) is 59.3 Å². The lowest BCUT2D eigenvalue weighted by Gasteiger charge is -2.07. The maximum absolute atomic E-state index is 13.4. The number of benzene rings is 3. The number of rotatable bonds is 4. The van der Waals surface area contributed by atoms with Crippen LogP contribution in [0, 0.1) is 0 Å². The van der Waals surface area contributed by atoms with Crippen molar-refractivity contribution in [2.45, 2.75) is 12.7 Å². The Balaban J connectivity index is 1.69. The van der Waals surface area contributed by atoms with Gasteiger partial charge in [0.15, 0.2) is 12.7 Å². The van der Waals surface area contributed by atoms with Crippen LogP contribution in [-0.4, -0.2) is 16.9 Å². The van der Waals surface area contributed by atoms with E-state index in [-0.39, 0.29) is 5.56 Å². The molecule has 0 bridgehead atoms. The summed E-state index contributed by atoms with van der Waals surface area (Å²) in [5, 5.41) is 4.89. The molecule has 2 heterocycles. The molecule has 166 valence electrons. The Morgan fingerprint density at radius 3 is 2.33 bits per heavy atom. The molecule has 5 aromatic rings. The van der Waals surface area contributed by atoms with Gasteiger partial charge in [-0.25, -0.2) is 4.68 Å². The lowest BCUT2D eigenvalue weighted by atomic mass is 10.1. The Bertz CT molecular complexity index is 1520. The average molecular weight is 450 g/mol. The highest BCUT2D eigenvalue weighted by atomic mass is 19.4. The fraction of sp³-hybridized carbons (Fsp3) is 0.120. The van der Waals surface area contributed by atoms with Crippen molar-refractivity contribution in [3.05, 3.63) is 100 Å². The standard InChI is InChI=1S/C25H18F3N3O2/c1-33-20-12-6-16(7-13-20)14-30-15-17-4-2-3-5-21(17)22-23(30)24(32)31(29-22)19-10-8-18(9-11-19)25(26,27)28/h2-13,15H,14H2,1H3/p+1. The summed E-state index contributed by atoms with van der Waals surface area (Å²) >= 11 is 0. The van der Waals surface area contributed by atoms with E-state index in [0.29, 0.717) is 23.3 Å². The summed E-state index contributed by atoms with van der Waals surface area (Å²) in [5.41, 5.74) is 1.23. The number of ether oxygens (including phenoxy) is 1. The first kappa shape index (κ1) is 20.8. The highest BCUT2D eigenvalue weighted by molar-refractivity contribution is 6.01. The summed E-state index contributed by atoms with van der Waals surface area (Å²) in [6, 6.07) is 19.7. The fourth-order valence-corrected chi connectivity index (χ4v) is 3.99. The highest BCUT2D eigenvalue weighted by Crippen LogP contribution is 2.29. The molecular formula is C25H19F3N3O2+. The van der Waals surface area contributed by atoms with Crippen LogP contribution in [0.2, 0.25) is 0 Å². The first-order valence-corrected chi connectivity index (χ1v) is 10.2. The largest absolute Gasteiger partial charge is 0.497 e. The molecule has 5 nitrogen and oxygen atoms in total. The normalized spacial score (nSPS) is 11.9. The monoisotopic (exact) mass is 450 g/mol. The first-order valence-electron chi connectivity index (χ1n) is 10.2. The van der Waals surface area contributed by atoms with Crippen molar-refractivity contribution in [2.24, 2.45) is 0 Å². The molecule has 3 aromatic carbocycles. The lowest BCUT2D eigenvalue weighted by molar-refractivity contribution is -0.661. The van der Waals surface area contributed by atoms with Crippen LogP contribution in [0.1, 0.15) is 11.1 Å². The molecule has 0 fully saturated rings. The van der Waals surface area contributed by atoms with E-state index in [1.54, 1.807) is 7.11 Å². The predicted octanol–water partition coefficient (Wildman–Crippen LogP) is 4.84. The van der Waals surface area contributed by atoms with Crippen molar-refractivity contribution in [1.82, 2.24) is 9.78 Å². The number of methoxy groups -OCH3 is 1. The number of pyridine rings is 1. The molecule has 0 unspecified atom stereocenters. The Kier molecular flexibility index (Phi) is 4.92. The second-order valence-electron chi connectivity index (χ2n) is 7.71. The molecule has 0 atom stereocenters. The van der Waals surface area contributed by atoms with E-state index >= 15 is 0 Å². The molecule has 1 N–H and O–H groups in total. The van der Waals surface area contributed by atoms with Crippen LogP contribution >= 0.6 is 0 Å². The second-order valence-corrected chi connectivity index (χ2v) is 7.71. The van der Waals surface area contributed by atoms with Crippen LogP contribution in [0.25, 0.3) is 27.5 Å². The van der Waals surface area contributed by atoms with Crippen molar-refractivity contribution < 1.29 is 22.5 Å². The van der Waals surface area contributed by atoms with Crippen molar-refractivity contribution in [2.75, 3.05) is 7.11 Å². The minimum Gasteiger partial charge on any atom is -0.497 e. The smallest absolute Gasteiger partial charge is 0.416 e. The third-order valence-corrected chi connectivity index (χ3v) is 5.64. The summed E-state index contributed by atoms with van der Waals surface area (Å²) in [5.74, 6) is 0.735. The van der Waals surface area contributed by atoms with Gasteiger partial charge in [0.25, 0.3) is 5.52 Å².